The highest BCUT2D eigenvalue weighted by molar-refractivity contribution is 5.84. The molecule has 8 nitrogen and oxygen atoms in total. The molecule has 0 aromatic heterocycles. The lowest BCUT2D eigenvalue weighted by Gasteiger charge is -2.71. The van der Waals surface area contributed by atoms with Gasteiger partial charge in [-0.1, -0.05) is 40.2 Å². The van der Waals surface area contributed by atoms with Crippen LogP contribution < -0.4 is 0 Å². The smallest absolute Gasteiger partial charge is 0.316 e. The lowest BCUT2D eigenvalue weighted by atomic mass is 9.34. The number of rotatable bonds is 3. The number of allylic oxidation sites excluding steroid dienone is 1. The average molecular weight is 603 g/mol. The van der Waals surface area contributed by atoms with Gasteiger partial charge >= 0.3 is 5.97 Å². The van der Waals surface area contributed by atoms with Crippen LogP contribution in [-0.2, 0) is 19.0 Å². The van der Waals surface area contributed by atoms with E-state index in [2.05, 4.69) is 41.5 Å². The van der Waals surface area contributed by atoms with Gasteiger partial charge in [-0.3, -0.25) is 4.79 Å². The SMILES string of the molecule is CC12CCC3(CCC4(C)C(=C3C1)CCC1C3(C)CCC(OC5OC(CO)C(O)C(O)C5O)C(C)(C)C3CCC14C)C(=O)O2. The minimum Gasteiger partial charge on any atom is -0.458 e. The number of ether oxygens (including phenoxy) is 3. The molecule has 3 saturated heterocycles. The fourth-order valence-corrected chi connectivity index (χ4v) is 12.4. The Morgan fingerprint density at radius 3 is 2.23 bits per heavy atom. The zero-order chi connectivity index (χ0) is 31.0. The van der Waals surface area contributed by atoms with Gasteiger partial charge in [-0.2, -0.15) is 0 Å². The second-order valence-electron chi connectivity index (χ2n) is 17.2. The molecule has 13 atom stereocenters. The molecule has 5 aliphatic carbocycles. The molecule has 4 saturated carbocycles. The fourth-order valence-electron chi connectivity index (χ4n) is 12.4. The van der Waals surface area contributed by atoms with E-state index in [0.29, 0.717) is 11.8 Å². The zero-order valence-electron chi connectivity index (χ0n) is 27.0. The lowest BCUT2D eigenvalue weighted by molar-refractivity contribution is -0.330. The Hall–Kier alpha value is -1.03. The standard InChI is InChI=1S/C35H54O8/c1-30(2)22-9-12-34(6)23(32(22,4)11-10-24(30)42-28-27(39)26(38)25(37)21(18-36)41-28)8-7-19-20-17-31(3)13-15-35(20,29(40)43-31)16-14-33(19,34)5/h21-28,36-39H,7-18H2,1-6H3. The van der Waals surface area contributed by atoms with Crippen molar-refractivity contribution in [3.8, 4) is 0 Å². The molecule has 1 spiro atoms. The Bertz CT molecular complexity index is 1210. The summed E-state index contributed by atoms with van der Waals surface area (Å²) in [5, 5.41) is 41.0. The summed E-state index contributed by atoms with van der Waals surface area (Å²) >= 11 is 0. The molecule has 0 radical (unpaired) electrons. The maximum absolute atomic E-state index is 13.4. The summed E-state index contributed by atoms with van der Waals surface area (Å²) in [4.78, 5) is 13.4. The highest BCUT2D eigenvalue weighted by Crippen LogP contribution is 2.76. The number of carbonyl (C=O) groups is 1. The first-order valence-electron chi connectivity index (χ1n) is 17.0. The molecule has 8 rings (SSSR count). The molecule has 0 aromatic carbocycles. The van der Waals surface area contributed by atoms with E-state index in [4.69, 9.17) is 14.2 Å². The summed E-state index contributed by atoms with van der Waals surface area (Å²) in [6.45, 7) is 13.9. The van der Waals surface area contributed by atoms with Crippen LogP contribution in [0.5, 0.6) is 0 Å². The van der Waals surface area contributed by atoms with Crippen LogP contribution in [0.15, 0.2) is 11.1 Å². The second-order valence-corrected chi connectivity index (χ2v) is 17.2. The van der Waals surface area contributed by atoms with Crippen molar-refractivity contribution in [1.82, 2.24) is 0 Å². The molecule has 0 aromatic rings. The first-order chi connectivity index (χ1) is 20.1. The van der Waals surface area contributed by atoms with Gasteiger partial charge in [0.05, 0.1) is 18.1 Å². The molecule has 8 heteroatoms. The van der Waals surface area contributed by atoms with Crippen molar-refractivity contribution in [2.75, 3.05) is 6.61 Å². The summed E-state index contributed by atoms with van der Waals surface area (Å²) in [6, 6.07) is 0. The van der Waals surface area contributed by atoms with Crippen LogP contribution in [0.3, 0.4) is 0 Å². The van der Waals surface area contributed by atoms with Gasteiger partial charge in [0.15, 0.2) is 6.29 Å². The summed E-state index contributed by atoms with van der Waals surface area (Å²) < 4.78 is 18.3. The molecule has 13 unspecified atom stereocenters. The van der Waals surface area contributed by atoms with Crippen molar-refractivity contribution >= 4 is 5.97 Å². The molecule has 3 aliphatic heterocycles. The number of carbonyl (C=O) groups excluding carboxylic acids is 1. The van der Waals surface area contributed by atoms with Gasteiger partial charge in [-0.15, -0.1) is 0 Å². The molecule has 7 fully saturated rings. The van der Waals surface area contributed by atoms with Crippen molar-refractivity contribution in [3.63, 3.8) is 0 Å². The summed E-state index contributed by atoms with van der Waals surface area (Å²) in [5.74, 6) is 1.01. The number of aliphatic hydroxyl groups excluding tert-OH is 4. The molecule has 0 amide bonds. The Labute approximate surface area is 256 Å². The Kier molecular flexibility index (Phi) is 6.77. The van der Waals surface area contributed by atoms with Crippen LogP contribution in [0, 0.1) is 38.9 Å². The topological polar surface area (TPSA) is 126 Å². The van der Waals surface area contributed by atoms with Crippen molar-refractivity contribution in [2.24, 2.45) is 38.9 Å². The normalized spacial score (nSPS) is 55.5. The Morgan fingerprint density at radius 1 is 0.814 bits per heavy atom. The van der Waals surface area contributed by atoms with Gasteiger partial charge in [0.1, 0.15) is 30.0 Å². The molecule has 8 aliphatic rings. The summed E-state index contributed by atoms with van der Waals surface area (Å²) in [7, 11) is 0. The minimum atomic E-state index is -1.44. The van der Waals surface area contributed by atoms with E-state index in [1.165, 1.54) is 5.57 Å². The number of esters is 1. The van der Waals surface area contributed by atoms with Crippen molar-refractivity contribution < 1.29 is 39.4 Å². The first-order valence-corrected chi connectivity index (χ1v) is 17.0. The summed E-state index contributed by atoms with van der Waals surface area (Å²) in [6.07, 6.45) is 4.61. The first kappa shape index (κ1) is 30.6. The van der Waals surface area contributed by atoms with Crippen LogP contribution in [0.1, 0.15) is 112 Å². The molecule has 4 N–H and O–H groups in total. The van der Waals surface area contributed by atoms with E-state index in [1.807, 2.05) is 0 Å². The summed E-state index contributed by atoms with van der Waals surface area (Å²) in [5.41, 5.74) is 2.47. The monoisotopic (exact) mass is 602 g/mol. The molecule has 242 valence electrons. The molecule has 43 heavy (non-hydrogen) atoms. The van der Waals surface area contributed by atoms with E-state index >= 15 is 0 Å². The van der Waals surface area contributed by atoms with Crippen LogP contribution >= 0.6 is 0 Å². The van der Waals surface area contributed by atoms with Gasteiger partial charge in [0.25, 0.3) is 0 Å². The molecule has 2 bridgehead atoms. The van der Waals surface area contributed by atoms with Crippen molar-refractivity contribution in [3.05, 3.63) is 11.1 Å². The van der Waals surface area contributed by atoms with E-state index < -0.39 is 37.3 Å². The predicted molar refractivity (Wildman–Crippen MR) is 158 cm³/mol. The van der Waals surface area contributed by atoms with Gasteiger partial charge in [0, 0.05) is 6.42 Å². The fraction of sp³-hybridized carbons (Fsp3) is 0.914. The molecule has 3 heterocycles. The Morgan fingerprint density at radius 2 is 1.53 bits per heavy atom. The van der Waals surface area contributed by atoms with Crippen LogP contribution in [0.4, 0.5) is 0 Å². The van der Waals surface area contributed by atoms with Gasteiger partial charge in [0.2, 0.25) is 0 Å². The minimum absolute atomic E-state index is 0.0412. The largest absolute Gasteiger partial charge is 0.458 e. The van der Waals surface area contributed by atoms with E-state index in [1.54, 1.807) is 5.57 Å². The number of fused-ring (bicyclic) bond motifs is 7. The van der Waals surface area contributed by atoms with Crippen molar-refractivity contribution in [2.45, 2.75) is 155 Å². The Balaban J connectivity index is 1.17. The zero-order valence-corrected chi connectivity index (χ0v) is 27.0. The average Bonchev–Trinajstić information content (AvgIpc) is 2.94. The highest BCUT2D eigenvalue weighted by Gasteiger charge is 2.70. The van der Waals surface area contributed by atoms with Crippen LogP contribution in [0.25, 0.3) is 0 Å². The highest BCUT2D eigenvalue weighted by atomic mass is 16.7. The second kappa shape index (κ2) is 9.51. The third-order valence-corrected chi connectivity index (χ3v) is 15.1. The van der Waals surface area contributed by atoms with Crippen molar-refractivity contribution in [1.29, 1.82) is 0 Å². The maximum atomic E-state index is 13.4. The number of aliphatic hydroxyl groups is 4. The van der Waals surface area contributed by atoms with Gasteiger partial charge < -0.3 is 34.6 Å². The van der Waals surface area contributed by atoms with Gasteiger partial charge in [-0.25, -0.2) is 0 Å². The van der Waals surface area contributed by atoms with Crippen LogP contribution in [-0.4, -0.2) is 75.4 Å². The van der Waals surface area contributed by atoms with E-state index in [-0.39, 0.29) is 44.7 Å². The number of hydrogen-bond acceptors (Lipinski definition) is 8. The van der Waals surface area contributed by atoms with Crippen LogP contribution in [0.2, 0.25) is 0 Å². The lowest BCUT2D eigenvalue weighted by Crippen LogP contribution is -2.66. The predicted octanol–water partition coefficient (Wildman–Crippen LogP) is 4.41. The number of hydrogen-bond donors (Lipinski definition) is 4. The molecular weight excluding hydrogens is 548 g/mol. The maximum Gasteiger partial charge on any atom is 0.316 e. The third kappa shape index (κ3) is 3.86. The quantitative estimate of drug-likeness (QED) is 0.213. The van der Waals surface area contributed by atoms with E-state index in [0.717, 1.165) is 70.6 Å². The van der Waals surface area contributed by atoms with E-state index in [9.17, 15) is 25.2 Å². The van der Waals surface area contributed by atoms with Gasteiger partial charge in [-0.05, 0) is 110 Å². The third-order valence-electron chi connectivity index (χ3n) is 15.1. The molecular formula is C35H54O8.